The fraction of sp³-hybridized carbons (Fsp3) is 0.429. The van der Waals surface area contributed by atoms with E-state index >= 15 is 0 Å². The summed E-state index contributed by atoms with van der Waals surface area (Å²) in [5.74, 6) is 1.46. The maximum absolute atomic E-state index is 8.89. The van der Waals surface area contributed by atoms with Crippen LogP contribution >= 0.6 is 0 Å². The topological polar surface area (TPSA) is 48.7 Å². The zero-order chi connectivity index (χ0) is 11.7. The number of hydrogen-bond acceptors (Lipinski definition) is 3. The summed E-state index contributed by atoms with van der Waals surface area (Å²) < 4.78 is 0. The van der Waals surface area contributed by atoms with Gasteiger partial charge in [0.15, 0.2) is 0 Å². The van der Waals surface area contributed by atoms with E-state index in [0.717, 1.165) is 31.0 Å². The van der Waals surface area contributed by atoms with Gasteiger partial charge in [0.25, 0.3) is 0 Å². The Morgan fingerprint density at radius 1 is 1.41 bits per heavy atom. The van der Waals surface area contributed by atoms with Gasteiger partial charge in [-0.15, -0.1) is 0 Å². The van der Waals surface area contributed by atoms with Gasteiger partial charge in [-0.1, -0.05) is 6.08 Å². The summed E-state index contributed by atoms with van der Waals surface area (Å²) in [6.07, 6.45) is 8.26. The van der Waals surface area contributed by atoms with Crippen molar-refractivity contribution >= 4 is 5.57 Å². The highest BCUT2D eigenvalue weighted by Gasteiger charge is 2.30. The van der Waals surface area contributed by atoms with Gasteiger partial charge in [-0.25, -0.2) is 0 Å². The third kappa shape index (κ3) is 1.96. The van der Waals surface area contributed by atoms with Crippen molar-refractivity contribution in [2.75, 3.05) is 13.1 Å². The first-order valence-corrected chi connectivity index (χ1v) is 6.14. The molecule has 0 radical (unpaired) electrons. The van der Waals surface area contributed by atoms with E-state index in [4.69, 9.17) is 5.26 Å². The number of nitrogens with one attached hydrogen (secondary N) is 1. The Labute approximate surface area is 101 Å². The molecule has 1 aromatic rings. The Morgan fingerprint density at radius 3 is 3.18 bits per heavy atom. The van der Waals surface area contributed by atoms with Crippen LogP contribution < -0.4 is 5.32 Å². The minimum Gasteiger partial charge on any atom is -0.316 e. The molecule has 86 valence electrons. The van der Waals surface area contributed by atoms with Crippen LogP contribution in [0.2, 0.25) is 0 Å². The van der Waals surface area contributed by atoms with Gasteiger partial charge in [0.1, 0.15) is 6.07 Å². The molecule has 2 heterocycles. The molecule has 17 heavy (non-hydrogen) atoms. The van der Waals surface area contributed by atoms with Crippen molar-refractivity contribution in [3.63, 3.8) is 0 Å². The molecule has 2 atom stereocenters. The fourth-order valence-corrected chi connectivity index (χ4v) is 2.89. The standard InChI is InChI=1S/C14H15N3/c15-6-10-3-13(9-17-7-10)12-4-11-1-2-16-8-14(11)5-12/h3,5,7,9,11,14,16H,1-2,4,8H2/t11-,14-/m0/s1. The second-order valence-corrected chi connectivity index (χ2v) is 4.89. The molecule has 1 aromatic heterocycles. The van der Waals surface area contributed by atoms with Crippen LogP contribution in [0.1, 0.15) is 24.0 Å². The Balaban J connectivity index is 1.87. The molecule has 2 aliphatic rings. The van der Waals surface area contributed by atoms with Gasteiger partial charge < -0.3 is 5.32 Å². The molecule has 3 rings (SSSR count). The smallest absolute Gasteiger partial charge is 0.101 e. The van der Waals surface area contributed by atoms with E-state index in [9.17, 15) is 0 Å². The van der Waals surface area contributed by atoms with E-state index in [2.05, 4.69) is 22.4 Å². The number of rotatable bonds is 1. The van der Waals surface area contributed by atoms with Gasteiger partial charge in [-0.2, -0.15) is 5.26 Å². The van der Waals surface area contributed by atoms with Crippen molar-refractivity contribution in [1.82, 2.24) is 10.3 Å². The summed E-state index contributed by atoms with van der Waals surface area (Å²) >= 11 is 0. The molecule has 3 heteroatoms. The van der Waals surface area contributed by atoms with Gasteiger partial charge in [0, 0.05) is 18.9 Å². The second kappa shape index (κ2) is 4.31. The molecule has 0 spiro atoms. The average molecular weight is 225 g/mol. The molecule has 1 N–H and O–H groups in total. The minimum atomic E-state index is 0.649. The number of fused-ring (bicyclic) bond motifs is 1. The number of nitrogens with zero attached hydrogens (tertiary/aromatic N) is 2. The van der Waals surface area contributed by atoms with Crippen molar-refractivity contribution in [3.8, 4) is 6.07 Å². The normalized spacial score (nSPS) is 27.1. The predicted molar refractivity (Wildman–Crippen MR) is 66.0 cm³/mol. The summed E-state index contributed by atoms with van der Waals surface area (Å²) in [5.41, 5.74) is 3.14. The maximum atomic E-state index is 8.89. The van der Waals surface area contributed by atoms with Gasteiger partial charge in [0.05, 0.1) is 5.56 Å². The van der Waals surface area contributed by atoms with E-state index in [1.807, 2.05) is 12.3 Å². The van der Waals surface area contributed by atoms with Gasteiger partial charge >= 0.3 is 0 Å². The molecule has 1 aliphatic carbocycles. The Kier molecular flexibility index (Phi) is 2.66. The molecular weight excluding hydrogens is 210 g/mol. The molecule has 3 nitrogen and oxygen atoms in total. The number of allylic oxidation sites excluding steroid dienone is 1. The minimum absolute atomic E-state index is 0.649. The number of pyridine rings is 1. The average Bonchev–Trinajstić information content (AvgIpc) is 2.82. The van der Waals surface area contributed by atoms with Crippen LogP contribution in [0, 0.1) is 23.2 Å². The summed E-state index contributed by atoms with van der Waals surface area (Å²) in [6, 6.07) is 4.10. The molecule has 0 bridgehead atoms. The first-order valence-electron chi connectivity index (χ1n) is 6.14. The molecule has 0 aromatic carbocycles. The summed E-state index contributed by atoms with van der Waals surface area (Å²) in [6.45, 7) is 2.23. The zero-order valence-electron chi connectivity index (χ0n) is 9.69. The Bertz CT molecular complexity index is 498. The van der Waals surface area contributed by atoms with Gasteiger partial charge in [-0.05, 0) is 48.4 Å². The van der Waals surface area contributed by atoms with E-state index < -0.39 is 0 Å². The summed E-state index contributed by atoms with van der Waals surface area (Å²) in [5, 5.41) is 12.3. The monoisotopic (exact) mass is 225 g/mol. The summed E-state index contributed by atoms with van der Waals surface area (Å²) in [4.78, 5) is 4.14. The SMILES string of the molecule is N#Cc1cncc(C2=C[C@H]3CNCC[C@H]3C2)c1. The molecule has 1 aliphatic heterocycles. The first kappa shape index (κ1) is 10.5. The first-order chi connectivity index (χ1) is 8.36. The lowest BCUT2D eigenvalue weighted by Gasteiger charge is -2.25. The number of nitriles is 1. The highest BCUT2D eigenvalue weighted by molar-refractivity contribution is 5.68. The van der Waals surface area contributed by atoms with Crippen molar-refractivity contribution in [2.24, 2.45) is 11.8 Å². The lowest BCUT2D eigenvalue weighted by Crippen LogP contribution is -2.33. The van der Waals surface area contributed by atoms with Gasteiger partial charge in [0.2, 0.25) is 0 Å². The number of aromatic nitrogens is 1. The van der Waals surface area contributed by atoms with Crippen molar-refractivity contribution in [1.29, 1.82) is 5.26 Å². The Morgan fingerprint density at radius 2 is 2.35 bits per heavy atom. The van der Waals surface area contributed by atoms with Crippen LogP contribution in [0.3, 0.4) is 0 Å². The van der Waals surface area contributed by atoms with Crippen LogP contribution in [0.25, 0.3) is 5.57 Å². The van der Waals surface area contributed by atoms with Crippen LogP contribution in [0.15, 0.2) is 24.5 Å². The number of hydrogen-bond donors (Lipinski definition) is 1. The third-order valence-corrected chi connectivity index (χ3v) is 3.81. The molecule has 0 unspecified atom stereocenters. The zero-order valence-corrected chi connectivity index (χ0v) is 9.69. The van der Waals surface area contributed by atoms with E-state index in [1.54, 1.807) is 6.20 Å². The largest absolute Gasteiger partial charge is 0.316 e. The molecule has 0 saturated carbocycles. The lowest BCUT2D eigenvalue weighted by atomic mass is 9.89. The van der Waals surface area contributed by atoms with Crippen LogP contribution in [-0.4, -0.2) is 18.1 Å². The van der Waals surface area contributed by atoms with E-state index in [-0.39, 0.29) is 0 Å². The van der Waals surface area contributed by atoms with Crippen molar-refractivity contribution < 1.29 is 0 Å². The van der Waals surface area contributed by atoms with E-state index in [0.29, 0.717) is 11.5 Å². The lowest BCUT2D eigenvalue weighted by molar-refractivity contribution is 0.323. The Hall–Kier alpha value is -1.66. The quantitative estimate of drug-likeness (QED) is 0.795. The molecule has 1 saturated heterocycles. The predicted octanol–water partition coefficient (Wildman–Crippen LogP) is 1.97. The second-order valence-electron chi connectivity index (χ2n) is 4.89. The molecule has 0 amide bonds. The van der Waals surface area contributed by atoms with Crippen LogP contribution in [0.4, 0.5) is 0 Å². The van der Waals surface area contributed by atoms with Crippen LogP contribution in [-0.2, 0) is 0 Å². The summed E-state index contributed by atoms with van der Waals surface area (Å²) in [7, 11) is 0. The molecule has 1 fully saturated rings. The fourth-order valence-electron chi connectivity index (χ4n) is 2.89. The van der Waals surface area contributed by atoms with Crippen LogP contribution in [0.5, 0.6) is 0 Å². The van der Waals surface area contributed by atoms with Gasteiger partial charge in [-0.3, -0.25) is 4.98 Å². The molecular formula is C14H15N3. The highest BCUT2D eigenvalue weighted by atomic mass is 14.9. The van der Waals surface area contributed by atoms with Crippen molar-refractivity contribution in [3.05, 3.63) is 35.7 Å². The third-order valence-electron chi connectivity index (χ3n) is 3.81. The maximum Gasteiger partial charge on any atom is 0.101 e. The van der Waals surface area contributed by atoms with E-state index in [1.165, 1.54) is 12.0 Å². The number of piperidine rings is 1. The van der Waals surface area contributed by atoms with Crippen molar-refractivity contribution in [2.45, 2.75) is 12.8 Å². The highest BCUT2D eigenvalue weighted by Crippen LogP contribution is 2.39.